The molecule has 0 aliphatic carbocycles. The summed E-state index contributed by atoms with van der Waals surface area (Å²) >= 11 is 0. The van der Waals surface area contributed by atoms with Crippen molar-refractivity contribution in [2.75, 3.05) is 0 Å². The molecule has 0 aromatic rings. The van der Waals surface area contributed by atoms with Crippen molar-refractivity contribution >= 4 is 12.2 Å². The Morgan fingerprint density at radius 1 is 1.86 bits per heavy atom. The van der Waals surface area contributed by atoms with Crippen molar-refractivity contribution in [3.8, 4) is 0 Å². The van der Waals surface area contributed by atoms with E-state index in [1.54, 1.807) is 0 Å². The summed E-state index contributed by atoms with van der Waals surface area (Å²) in [5.74, 6) is 0. The highest BCUT2D eigenvalue weighted by molar-refractivity contribution is 5.57. The van der Waals surface area contributed by atoms with Gasteiger partial charge < -0.3 is 5.11 Å². The van der Waals surface area contributed by atoms with Crippen molar-refractivity contribution in [3.05, 3.63) is 0 Å². The summed E-state index contributed by atoms with van der Waals surface area (Å²) in [7, 11) is 0. The first-order valence-corrected chi connectivity index (χ1v) is 1.24. The molecule has 0 rings (SSSR count). The van der Waals surface area contributed by atoms with Gasteiger partial charge in [-0.25, -0.2) is 9.59 Å². The van der Waals surface area contributed by atoms with Crippen molar-refractivity contribution in [3.63, 3.8) is 0 Å². The zero-order chi connectivity index (χ0) is 5.70. The van der Waals surface area contributed by atoms with Crippen molar-refractivity contribution in [1.82, 2.24) is 0 Å². The number of hydrogen-bond acceptors (Lipinski definition) is 4. The standard InChI is InChI=1S/C2HNO4/c4-1-3-7-2(5)6/h(H,5,6). The summed E-state index contributed by atoms with van der Waals surface area (Å²) in [4.78, 5) is 21.6. The molecule has 0 saturated heterocycles. The highest BCUT2D eigenvalue weighted by Crippen LogP contribution is 1.70. The third-order valence-corrected chi connectivity index (χ3v) is 0.161. The van der Waals surface area contributed by atoms with E-state index in [9.17, 15) is 4.79 Å². The van der Waals surface area contributed by atoms with Crippen molar-refractivity contribution in [2.45, 2.75) is 0 Å². The zero-order valence-corrected chi connectivity index (χ0v) is 3.12. The minimum Gasteiger partial charge on any atom is -0.448 e. The first-order chi connectivity index (χ1) is 3.27. The molecule has 38 valence electrons. The number of rotatable bonds is 1. The number of isocyanates is 1. The maximum atomic E-state index is 9.26. The molecule has 0 aromatic carbocycles. The molecule has 1 N–H and O–H groups in total. The maximum Gasteiger partial charge on any atom is 0.533 e. The van der Waals surface area contributed by atoms with Gasteiger partial charge in [-0.15, -0.1) is 0 Å². The van der Waals surface area contributed by atoms with E-state index < -0.39 is 6.16 Å². The van der Waals surface area contributed by atoms with Crippen LogP contribution in [0.1, 0.15) is 0 Å². The largest absolute Gasteiger partial charge is 0.533 e. The first kappa shape index (κ1) is 5.65. The highest BCUT2D eigenvalue weighted by Gasteiger charge is 1.88. The Hall–Kier alpha value is -1.35. The van der Waals surface area contributed by atoms with Gasteiger partial charge in [-0.2, -0.15) is 0 Å². The van der Waals surface area contributed by atoms with Crippen molar-refractivity contribution < 1.29 is 19.5 Å². The van der Waals surface area contributed by atoms with Gasteiger partial charge in [0.1, 0.15) is 0 Å². The van der Waals surface area contributed by atoms with E-state index in [0.29, 0.717) is 0 Å². The van der Waals surface area contributed by atoms with Crippen LogP contribution in [0.5, 0.6) is 0 Å². The van der Waals surface area contributed by atoms with Crippen LogP contribution < -0.4 is 0 Å². The number of carboxylic acid groups (broad SMARTS) is 1. The van der Waals surface area contributed by atoms with Crippen LogP contribution in [0.2, 0.25) is 0 Å². The topological polar surface area (TPSA) is 76.0 Å². The fraction of sp³-hybridized carbons (Fsp3) is 0. The molecule has 0 saturated carbocycles. The molecule has 0 atom stereocenters. The van der Waals surface area contributed by atoms with Crippen LogP contribution in [-0.4, -0.2) is 17.3 Å². The Kier molecular flexibility index (Phi) is 2.31. The molecular weight excluding hydrogens is 102 g/mol. The van der Waals surface area contributed by atoms with Crippen molar-refractivity contribution in [1.29, 1.82) is 0 Å². The minimum absolute atomic E-state index is 0.871. The average Bonchev–Trinajstić information content (AvgIpc) is 1.61. The maximum absolute atomic E-state index is 9.26. The molecule has 0 fully saturated rings. The van der Waals surface area contributed by atoms with Crippen LogP contribution in [0.4, 0.5) is 4.79 Å². The van der Waals surface area contributed by atoms with E-state index in [4.69, 9.17) is 9.90 Å². The smallest absolute Gasteiger partial charge is 0.448 e. The number of carbonyl (C=O) groups excluding carboxylic acids is 1. The second kappa shape index (κ2) is 2.87. The molecule has 0 amide bonds. The Morgan fingerprint density at radius 2 is 2.43 bits per heavy atom. The molecule has 5 heteroatoms. The second-order valence-electron chi connectivity index (χ2n) is 0.540. The van der Waals surface area contributed by atoms with Gasteiger partial charge in [0.15, 0.2) is 0 Å². The summed E-state index contributed by atoms with van der Waals surface area (Å²) in [5.41, 5.74) is 0. The molecule has 5 nitrogen and oxygen atoms in total. The fourth-order valence-corrected chi connectivity index (χ4v) is 0.0577. The van der Waals surface area contributed by atoms with Crippen LogP contribution in [-0.2, 0) is 9.63 Å². The van der Waals surface area contributed by atoms with E-state index in [-0.39, 0.29) is 0 Å². The van der Waals surface area contributed by atoms with Crippen LogP contribution >= 0.6 is 0 Å². The molecule has 0 heterocycles. The van der Waals surface area contributed by atoms with E-state index >= 15 is 0 Å². The summed E-state index contributed by atoms with van der Waals surface area (Å²) in [6.07, 6.45) is -0.751. The summed E-state index contributed by atoms with van der Waals surface area (Å²) in [6.45, 7) is 0. The number of carbonyl (C=O) groups is 1. The predicted octanol–water partition coefficient (Wildman–Crippen LogP) is -0.0682. The summed E-state index contributed by atoms with van der Waals surface area (Å²) < 4.78 is 0. The van der Waals surface area contributed by atoms with Gasteiger partial charge in [0.2, 0.25) is 0 Å². The highest BCUT2D eigenvalue weighted by atomic mass is 16.7. The fourth-order valence-electron chi connectivity index (χ4n) is 0.0577. The van der Waals surface area contributed by atoms with Gasteiger partial charge in [-0.3, -0.25) is 4.84 Å². The van der Waals surface area contributed by atoms with Crippen LogP contribution in [0.25, 0.3) is 0 Å². The zero-order valence-electron chi connectivity index (χ0n) is 3.12. The average molecular weight is 103 g/mol. The third kappa shape index (κ3) is 4.65. The molecule has 0 aromatic heterocycles. The lowest BCUT2D eigenvalue weighted by molar-refractivity contribution is 0.0946. The normalized spacial score (nSPS) is 6.29. The van der Waals surface area contributed by atoms with E-state index in [2.05, 4.69) is 9.99 Å². The van der Waals surface area contributed by atoms with E-state index in [1.807, 2.05) is 0 Å². The molecule has 7 heavy (non-hydrogen) atoms. The molecular formula is C2HNO4. The molecule has 0 bridgehead atoms. The van der Waals surface area contributed by atoms with Crippen LogP contribution in [0.3, 0.4) is 0 Å². The Labute approximate surface area is 38.2 Å². The number of nitrogens with zero attached hydrogens (tertiary/aromatic N) is 1. The second-order valence-corrected chi connectivity index (χ2v) is 0.540. The lowest BCUT2D eigenvalue weighted by Crippen LogP contribution is -1.90. The van der Waals surface area contributed by atoms with Crippen molar-refractivity contribution in [2.24, 2.45) is 5.16 Å². The van der Waals surface area contributed by atoms with E-state index in [1.165, 1.54) is 0 Å². The van der Waals surface area contributed by atoms with E-state index in [0.717, 1.165) is 6.08 Å². The van der Waals surface area contributed by atoms with Crippen LogP contribution in [0.15, 0.2) is 5.16 Å². The summed E-state index contributed by atoms with van der Waals surface area (Å²) in [5, 5.41) is 9.82. The predicted molar refractivity (Wildman–Crippen MR) is 17.2 cm³/mol. The van der Waals surface area contributed by atoms with Gasteiger partial charge >= 0.3 is 6.16 Å². The molecule has 0 aliphatic rings. The van der Waals surface area contributed by atoms with Gasteiger partial charge in [0.25, 0.3) is 6.08 Å². The minimum atomic E-state index is -1.62. The summed E-state index contributed by atoms with van der Waals surface area (Å²) in [6, 6.07) is 0. The Balaban J connectivity index is 3.32. The lowest BCUT2D eigenvalue weighted by atomic mass is 11.4. The molecule has 0 unspecified atom stereocenters. The Morgan fingerprint density at radius 3 is 2.57 bits per heavy atom. The quantitative estimate of drug-likeness (QED) is 0.218. The first-order valence-electron chi connectivity index (χ1n) is 1.24. The van der Waals surface area contributed by atoms with Gasteiger partial charge in [0, 0.05) is 5.16 Å². The third-order valence-electron chi connectivity index (χ3n) is 0.161. The molecule has 0 radical (unpaired) electrons. The Bertz CT molecular complexity index is 113. The lowest BCUT2D eigenvalue weighted by Gasteiger charge is -1.76. The molecule has 0 aliphatic heterocycles. The van der Waals surface area contributed by atoms with Gasteiger partial charge in [-0.05, 0) is 0 Å². The molecule has 0 spiro atoms. The van der Waals surface area contributed by atoms with Gasteiger partial charge in [-0.1, -0.05) is 0 Å². The van der Waals surface area contributed by atoms with Gasteiger partial charge in [0.05, 0.1) is 0 Å². The number of hydrogen-bond donors (Lipinski definition) is 1. The monoisotopic (exact) mass is 103 g/mol. The SMILES string of the molecule is O=C=NOC(=O)O. The van der Waals surface area contributed by atoms with Crippen LogP contribution in [0, 0.1) is 0 Å².